The Kier molecular flexibility index (Phi) is 7.30. The molecule has 0 atom stereocenters. The van der Waals surface area contributed by atoms with Crippen LogP contribution in [0, 0.1) is 11.7 Å². The molecule has 12 heteroatoms. The molecule has 4 nitrogen and oxygen atoms in total. The molecule has 34 heavy (non-hydrogen) atoms. The molecular formula is C22H20F7NO3S. The summed E-state index contributed by atoms with van der Waals surface area (Å²) in [6.45, 7) is 0.0634. The number of benzene rings is 2. The van der Waals surface area contributed by atoms with Crippen LogP contribution in [0.15, 0.2) is 47.4 Å². The van der Waals surface area contributed by atoms with Crippen LogP contribution in [0.1, 0.15) is 47.2 Å². The van der Waals surface area contributed by atoms with Gasteiger partial charge in [0.2, 0.25) is 0 Å². The van der Waals surface area contributed by atoms with E-state index < -0.39 is 55.2 Å². The maximum Gasteiger partial charge on any atom is 0.419 e. The van der Waals surface area contributed by atoms with E-state index in [4.69, 9.17) is 0 Å². The lowest BCUT2D eigenvalue weighted by molar-refractivity contribution is -0.140. The van der Waals surface area contributed by atoms with Gasteiger partial charge in [-0.2, -0.15) is 26.3 Å². The van der Waals surface area contributed by atoms with Crippen LogP contribution >= 0.6 is 0 Å². The molecule has 1 aliphatic rings. The molecule has 0 heterocycles. The maximum atomic E-state index is 13.4. The Bertz CT molecular complexity index is 1150. The van der Waals surface area contributed by atoms with E-state index in [2.05, 4.69) is 5.32 Å². The molecular weight excluding hydrogens is 491 g/mol. The van der Waals surface area contributed by atoms with Crippen molar-refractivity contribution in [3.8, 4) is 0 Å². The number of amides is 1. The molecule has 0 saturated heterocycles. The summed E-state index contributed by atoms with van der Waals surface area (Å²) in [6.07, 6.45) is -8.61. The summed E-state index contributed by atoms with van der Waals surface area (Å²) in [4.78, 5) is 11.8. The molecule has 0 bridgehead atoms. The number of carbonyl (C=O) groups is 1. The molecule has 0 aliphatic heterocycles. The molecule has 0 unspecified atom stereocenters. The number of hydrogen-bond acceptors (Lipinski definition) is 3. The maximum absolute atomic E-state index is 13.4. The summed E-state index contributed by atoms with van der Waals surface area (Å²) in [5.74, 6) is -2.49. The number of sulfone groups is 1. The first kappa shape index (κ1) is 26.0. The minimum Gasteiger partial charge on any atom is -0.352 e. The standard InChI is InChI=1S/C22H20F7NO3S/c23-19-9-6-14(10-18(19)22(27,28)29)20(31)30-12-13-4-7-16(8-5-13)34(32,33)17-3-1-2-15(11-17)21(24,25)26/h1-3,6,9-11,13,16H,4-5,7-8,12H2,(H,30,31)/t13-,16-. The van der Waals surface area contributed by atoms with E-state index in [9.17, 15) is 43.9 Å². The van der Waals surface area contributed by atoms with Crippen molar-refractivity contribution < 1.29 is 43.9 Å². The number of alkyl halides is 6. The molecule has 3 rings (SSSR count). The number of hydrogen-bond donors (Lipinski definition) is 1. The summed E-state index contributed by atoms with van der Waals surface area (Å²) >= 11 is 0. The van der Waals surface area contributed by atoms with Crippen molar-refractivity contribution in [2.45, 2.75) is 48.2 Å². The van der Waals surface area contributed by atoms with E-state index in [0.29, 0.717) is 31.0 Å². The second kappa shape index (κ2) is 9.55. The first-order valence-electron chi connectivity index (χ1n) is 10.3. The van der Waals surface area contributed by atoms with Gasteiger partial charge in [-0.25, -0.2) is 12.8 Å². The van der Waals surface area contributed by atoms with Crippen molar-refractivity contribution in [2.24, 2.45) is 5.92 Å². The third-order valence-electron chi connectivity index (χ3n) is 5.81. The number of rotatable bonds is 5. The molecule has 1 fully saturated rings. The summed E-state index contributed by atoms with van der Waals surface area (Å²) in [5.41, 5.74) is -2.98. The first-order valence-corrected chi connectivity index (χ1v) is 11.8. The Balaban J connectivity index is 1.59. The van der Waals surface area contributed by atoms with E-state index in [1.165, 1.54) is 0 Å². The van der Waals surface area contributed by atoms with Crippen molar-refractivity contribution in [3.05, 3.63) is 65.0 Å². The lowest BCUT2D eigenvalue weighted by Crippen LogP contribution is -2.34. The zero-order valence-electron chi connectivity index (χ0n) is 17.5. The fraction of sp³-hybridized carbons (Fsp3) is 0.409. The molecule has 1 N–H and O–H groups in total. The van der Waals surface area contributed by atoms with Crippen molar-refractivity contribution >= 4 is 15.7 Å². The van der Waals surface area contributed by atoms with Crippen molar-refractivity contribution in [3.63, 3.8) is 0 Å². The van der Waals surface area contributed by atoms with Crippen LogP contribution in [0.5, 0.6) is 0 Å². The van der Waals surface area contributed by atoms with Gasteiger partial charge >= 0.3 is 12.4 Å². The van der Waals surface area contributed by atoms with Gasteiger partial charge in [0.25, 0.3) is 5.91 Å². The highest BCUT2D eigenvalue weighted by molar-refractivity contribution is 7.92. The van der Waals surface area contributed by atoms with Crippen LogP contribution in [-0.4, -0.2) is 26.1 Å². The summed E-state index contributed by atoms with van der Waals surface area (Å²) in [5, 5.41) is 1.59. The number of halogens is 7. The minimum atomic E-state index is -4.95. The van der Waals surface area contributed by atoms with Gasteiger partial charge in [0, 0.05) is 12.1 Å². The fourth-order valence-electron chi connectivity index (χ4n) is 3.91. The minimum absolute atomic E-state index is 0.0634. The zero-order chi connectivity index (χ0) is 25.3. The van der Waals surface area contributed by atoms with Gasteiger partial charge in [-0.3, -0.25) is 4.79 Å². The Morgan fingerprint density at radius 2 is 1.56 bits per heavy atom. The molecule has 2 aromatic carbocycles. The van der Waals surface area contributed by atoms with Gasteiger partial charge in [-0.05, 0) is 68.0 Å². The average Bonchev–Trinajstić information content (AvgIpc) is 2.77. The molecule has 0 aromatic heterocycles. The lowest BCUT2D eigenvalue weighted by atomic mass is 9.89. The predicted molar refractivity (Wildman–Crippen MR) is 108 cm³/mol. The molecule has 2 aromatic rings. The monoisotopic (exact) mass is 511 g/mol. The van der Waals surface area contributed by atoms with Gasteiger partial charge in [0.05, 0.1) is 21.3 Å². The topological polar surface area (TPSA) is 63.2 Å². The zero-order valence-corrected chi connectivity index (χ0v) is 18.3. The number of nitrogens with one attached hydrogen (secondary N) is 1. The third-order valence-corrected chi connectivity index (χ3v) is 8.07. The highest BCUT2D eigenvalue weighted by Gasteiger charge is 2.36. The Hall–Kier alpha value is -2.63. The second-order valence-corrected chi connectivity index (χ2v) is 10.3. The lowest BCUT2D eigenvalue weighted by Gasteiger charge is -2.28. The van der Waals surface area contributed by atoms with Gasteiger partial charge in [0.15, 0.2) is 9.84 Å². The van der Waals surface area contributed by atoms with E-state index in [1.807, 2.05) is 0 Å². The smallest absolute Gasteiger partial charge is 0.352 e. The molecule has 186 valence electrons. The third kappa shape index (κ3) is 5.89. The van der Waals surface area contributed by atoms with Crippen molar-refractivity contribution in [1.82, 2.24) is 5.32 Å². The molecule has 0 spiro atoms. The first-order chi connectivity index (χ1) is 15.7. The highest BCUT2D eigenvalue weighted by Crippen LogP contribution is 2.35. The van der Waals surface area contributed by atoms with Gasteiger partial charge in [-0.15, -0.1) is 0 Å². The van der Waals surface area contributed by atoms with Crippen molar-refractivity contribution in [2.75, 3.05) is 6.54 Å². The van der Waals surface area contributed by atoms with Crippen LogP contribution < -0.4 is 5.32 Å². The van der Waals surface area contributed by atoms with Gasteiger partial charge < -0.3 is 5.32 Å². The fourth-order valence-corrected chi connectivity index (χ4v) is 5.75. The quantitative estimate of drug-likeness (QED) is 0.530. The van der Waals surface area contributed by atoms with Crippen LogP contribution in [0.4, 0.5) is 30.7 Å². The van der Waals surface area contributed by atoms with Crippen molar-refractivity contribution in [1.29, 1.82) is 0 Å². The Morgan fingerprint density at radius 1 is 0.912 bits per heavy atom. The summed E-state index contributed by atoms with van der Waals surface area (Å²) < 4.78 is 116. The summed E-state index contributed by atoms with van der Waals surface area (Å²) in [6, 6.07) is 5.46. The normalized spacial score (nSPS) is 19.6. The number of carbonyl (C=O) groups excluding carboxylic acids is 1. The van der Waals surface area contributed by atoms with Crippen LogP contribution in [0.2, 0.25) is 0 Å². The molecule has 1 aliphatic carbocycles. The molecule has 1 amide bonds. The van der Waals surface area contributed by atoms with Crippen LogP contribution in [0.25, 0.3) is 0 Å². The second-order valence-electron chi connectivity index (χ2n) is 8.12. The van der Waals surface area contributed by atoms with E-state index in [1.54, 1.807) is 0 Å². The largest absolute Gasteiger partial charge is 0.419 e. The SMILES string of the molecule is O=C(NC[C@H]1CC[C@H](S(=O)(=O)c2cccc(C(F)(F)F)c2)CC1)c1ccc(F)c(C(F)(F)F)c1. The molecule has 1 saturated carbocycles. The van der Waals surface area contributed by atoms with E-state index in [-0.39, 0.29) is 30.9 Å². The van der Waals surface area contributed by atoms with Gasteiger partial charge in [-0.1, -0.05) is 6.07 Å². The van der Waals surface area contributed by atoms with E-state index >= 15 is 0 Å². The Morgan fingerprint density at radius 3 is 2.15 bits per heavy atom. The van der Waals surface area contributed by atoms with Gasteiger partial charge in [0.1, 0.15) is 5.82 Å². The van der Waals surface area contributed by atoms with E-state index in [0.717, 1.165) is 24.3 Å². The molecule has 0 radical (unpaired) electrons. The predicted octanol–water partition coefficient (Wildman–Crippen LogP) is 5.63. The highest BCUT2D eigenvalue weighted by atomic mass is 32.2. The van der Waals surface area contributed by atoms with Crippen LogP contribution in [-0.2, 0) is 22.2 Å². The Labute approximate surface area is 191 Å². The average molecular weight is 511 g/mol. The van der Waals surface area contributed by atoms with Crippen LogP contribution in [0.3, 0.4) is 0 Å². The summed E-state index contributed by atoms with van der Waals surface area (Å²) in [7, 11) is -3.99.